The smallest absolute Gasteiger partial charge is 0.106 e. The molecule has 0 saturated carbocycles. The minimum absolute atomic E-state index is 0.165. The molecule has 0 saturated heterocycles. The number of rotatable bonds is 4. The van der Waals surface area contributed by atoms with Crippen molar-refractivity contribution in [3.63, 3.8) is 0 Å². The van der Waals surface area contributed by atoms with Crippen molar-refractivity contribution in [2.24, 2.45) is 5.73 Å². The van der Waals surface area contributed by atoms with Crippen LogP contribution in [0.3, 0.4) is 0 Å². The minimum atomic E-state index is 0.165. The molecule has 0 bridgehead atoms. The topological polar surface area (TPSA) is 43.8 Å². The SMILES string of the molecule is Cc1nc2c(n1C(CC(N)=S)c1ccccc1)CCCC2. The van der Waals surface area contributed by atoms with Crippen molar-refractivity contribution in [3.8, 4) is 0 Å². The molecule has 4 heteroatoms. The standard InChI is InChI=1S/C17H21N3S/c1-12-19-14-9-5-6-10-15(14)20(12)16(11-17(18)21)13-7-3-2-4-8-13/h2-4,7-8,16H,5-6,9-11H2,1H3,(H2,18,21). The Kier molecular flexibility index (Phi) is 4.06. The maximum Gasteiger partial charge on any atom is 0.106 e. The highest BCUT2D eigenvalue weighted by molar-refractivity contribution is 7.80. The number of thiocarbonyl (C=S) groups is 1. The Morgan fingerprint density at radius 3 is 2.71 bits per heavy atom. The Hall–Kier alpha value is -1.68. The normalized spacial score (nSPS) is 15.5. The van der Waals surface area contributed by atoms with E-state index in [9.17, 15) is 0 Å². The summed E-state index contributed by atoms with van der Waals surface area (Å²) in [5.74, 6) is 1.08. The molecule has 3 rings (SSSR count). The molecule has 2 N–H and O–H groups in total. The van der Waals surface area contributed by atoms with Gasteiger partial charge < -0.3 is 10.3 Å². The van der Waals surface area contributed by atoms with Gasteiger partial charge >= 0.3 is 0 Å². The summed E-state index contributed by atoms with van der Waals surface area (Å²) in [5.41, 5.74) is 9.75. The van der Waals surface area contributed by atoms with Crippen molar-refractivity contribution in [1.82, 2.24) is 9.55 Å². The molecule has 21 heavy (non-hydrogen) atoms. The second kappa shape index (κ2) is 5.98. The number of fused-ring (bicyclic) bond motifs is 1. The lowest BCUT2D eigenvalue weighted by molar-refractivity contribution is 0.543. The summed E-state index contributed by atoms with van der Waals surface area (Å²) < 4.78 is 2.36. The zero-order valence-electron chi connectivity index (χ0n) is 12.4. The molecular weight excluding hydrogens is 278 g/mol. The molecule has 2 aromatic rings. The van der Waals surface area contributed by atoms with Crippen LogP contribution in [-0.4, -0.2) is 14.5 Å². The molecule has 0 spiro atoms. The van der Waals surface area contributed by atoms with E-state index in [2.05, 4.69) is 35.8 Å². The van der Waals surface area contributed by atoms with Crippen molar-refractivity contribution in [3.05, 3.63) is 53.1 Å². The van der Waals surface area contributed by atoms with Crippen LogP contribution in [0.1, 0.15) is 48.1 Å². The average molecular weight is 299 g/mol. The average Bonchev–Trinajstić information content (AvgIpc) is 2.81. The third-order valence-electron chi connectivity index (χ3n) is 4.24. The van der Waals surface area contributed by atoms with Crippen LogP contribution < -0.4 is 5.73 Å². The minimum Gasteiger partial charge on any atom is -0.393 e. The molecule has 3 nitrogen and oxygen atoms in total. The Balaban J connectivity index is 2.08. The van der Waals surface area contributed by atoms with Crippen LogP contribution in [0.25, 0.3) is 0 Å². The molecule has 0 fully saturated rings. The summed E-state index contributed by atoms with van der Waals surface area (Å²) in [5, 5.41) is 0. The molecule has 1 aromatic heterocycles. The van der Waals surface area contributed by atoms with Gasteiger partial charge in [-0.05, 0) is 38.2 Å². The van der Waals surface area contributed by atoms with Gasteiger partial charge in [0, 0.05) is 12.1 Å². The molecule has 1 aliphatic rings. The maximum atomic E-state index is 5.86. The molecule has 1 heterocycles. The van der Waals surface area contributed by atoms with E-state index in [1.165, 1.54) is 29.8 Å². The van der Waals surface area contributed by atoms with E-state index in [1.807, 2.05) is 6.07 Å². The fraction of sp³-hybridized carbons (Fsp3) is 0.412. The van der Waals surface area contributed by atoms with E-state index in [1.54, 1.807) is 0 Å². The first-order valence-electron chi connectivity index (χ1n) is 7.56. The third-order valence-corrected chi connectivity index (χ3v) is 4.40. The van der Waals surface area contributed by atoms with E-state index < -0.39 is 0 Å². The van der Waals surface area contributed by atoms with Crippen LogP contribution in [-0.2, 0) is 12.8 Å². The van der Waals surface area contributed by atoms with Gasteiger partial charge in [0.1, 0.15) is 5.82 Å². The lowest BCUT2D eigenvalue weighted by Crippen LogP contribution is -2.22. The van der Waals surface area contributed by atoms with Gasteiger partial charge in [0.15, 0.2) is 0 Å². The summed E-state index contributed by atoms with van der Waals surface area (Å²) >= 11 is 5.19. The fourth-order valence-corrected chi connectivity index (χ4v) is 3.49. The van der Waals surface area contributed by atoms with Crippen LogP contribution in [0.5, 0.6) is 0 Å². The Morgan fingerprint density at radius 1 is 1.29 bits per heavy atom. The van der Waals surface area contributed by atoms with Crippen molar-refractivity contribution in [2.45, 2.75) is 45.1 Å². The molecule has 0 amide bonds. The highest BCUT2D eigenvalue weighted by atomic mass is 32.1. The van der Waals surface area contributed by atoms with E-state index in [0.29, 0.717) is 11.4 Å². The van der Waals surface area contributed by atoms with Crippen molar-refractivity contribution in [1.29, 1.82) is 0 Å². The summed E-state index contributed by atoms with van der Waals surface area (Å²) in [7, 11) is 0. The van der Waals surface area contributed by atoms with E-state index in [4.69, 9.17) is 22.9 Å². The number of hydrogen-bond donors (Lipinski definition) is 1. The van der Waals surface area contributed by atoms with Gasteiger partial charge in [-0.25, -0.2) is 4.98 Å². The molecule has 1 aromatic carbocycles. The number of nitrogens with two attached hydrogens (primary N) is 1. The van der Waals surface area contributed by atoms with Gasteiger partial charge in [0.2, 0.25) is 0 Å². The Bertz CT molecular complexity index is 646. The molecule has 1 unspecified atom stereocenters. The van der Waals surface area contributed by atoms with Crippen LogP contribution >= 0.6 is 12.2 Å². The highest BCUT2D eigenvalue weighted by Gasteiger charge is 2.24. The number of hydrogen-bond acceptors (Lipinski definition) is 2. The number of benzene rings is 1. The second-order valence-corrected chi connectivity index (χ2v) is 6.25. The van der Waals surface area contributed by atoms with Crippen molar-refractivity contribution < 1.29 is 0 Å². The second-order valence-electron chi connectivity index (χ2n) is 5.73. The number of aryl methyl sites for hydroxylation is 2. The number of nitrogens with zero attached hydrogens (tertiary/aromatic N) is 2. The van der Waals surface area contributed by atoms with Gasteiger partial charge in [0.25, 0.3) is 0 Å². The zero-order valence-corrected chi connectivity index (χ0v) is 13.2. The summed E-state index contributed by atoms with van der Waals surface area (Å²) in [4.78, 5) is 5.34. The number of imidazole rings is 1. The summed E-state index contributed by atoms with van der Waals surface area (Å²) in [6.45, 7) is 2.09. The first kappa shape index (κ1) is 14.3. The fourth-order valence-electron chi connectivity index (χ4n) is 3.34. The molecular formula is C17H21N3S. The summed E-state index contributed by atoms with van der Waals surface area (Å²) in [6, 6.07) is 10.6. The first-order chi connectivity index (χ1) is 10.2. The quantitative estimate of drug-likeness (QED) is 0.881. The lowest BCUT2D eigenvalue weighted by Gasteiger charge is -2.24. The number of aromatic nitrogens is 2. The summed E-state index contributed by atoms with van der Waals surface area (Å²) in [6.07, 6.45) is 5.37. The van der Waals surface area contributed by atoms with Gasteiger partial charge in [0.05, 0.1) is 16.7 Å². The van der Waals surface area contributed by atoms with E-state index in [-0.39, 0.29) is 6.04 Å². The van der Waals surface area contributed by atoms with E-state index in [0.717, 1.165) is 18.7 Å². The largest absolute Gasteiger partial charge is 0.393 e. The van der Waals surface area contributed by atoms with E-state index >= 15 is 0 Å². The van der Waals surface area contributed by atoms with Crippen LogP contribution in [0.4, 0.5) is 0 Å². The lowest BCUT2D eigenvalue weighted by atomic mass is 9.98. The Morgan fingerprint density at radius 2 is 2.00 bits per heavy atom. The monoisotopic (exact) mass is 299 g/mol. The maximum absolute atomic E-state index is 5.86. The molecule has 110 valence electrons. The van der Waals surface area contributed by atoms with Gasteiger partial charge in [-0.3, -0.25) is 0 Å². The predicted molar refractivity (Wildman–Crippen MR) is 89.6 cm³/mol. The van der Waals surface area contributed by atoms with Gasteiger partial charge in [-0.15, -0.1) is 0 Å². The molecule has 1 aliphatic carbocycles. The first-order valence-corrected chi connectivity index (χ1v) is 7.97. The third kappa shape index (κ3) is 2.86. The molecule has 0 radical (unpaired) electrons. The van der Waals surface area contributed by atoms with Gasteiger partial charge in [-0.1, -0.05) is 42.5 Å². The highest BCUT2D eigenvalue weighted by Crippen LogP contribution is 2.30. The van der Waals surface area contributed by atoms with Crippen LogP contribution in [0.15, 0.2) is 30.3 Å². The van der Waals surface area contributed by atoms with Gasteiger partial charge in [-0.2, -0.15) is 0 Å². The zero-order chi connectivity index (χ0) is 14.8. The van der Waals surface area contributed by atoms with Crippen molar-refractivity contribution in [2.75, 3.05) is 0 Å². The molecule has 1 atom stereocenters. The predicted octanol–water partition coefficient (Wildman–Crippen LogP) is 3.34. The van der Waals surface area contributed by atoms with Crippen LogP contribution in [0, 0.1) is 6.92 Å². The molecule has 0 aliphatic heterocycles. The Labute approximate surface area is 131 Å². The van der Waals surface area contributed by atoms with Crippen LogP contribution in [0.2, 0.25) is 0 Å². The van der Waals surface area contributed by atoms with Crippen molar-refractivity contribution >= 4 is 17.2 Å².